The molecule has 8 heteroatoms. The van der Waals surface area contributed by atoms with Crippen LogP contribution in [0.4, 0.5) is 4.39 Å². The van der Waals surface area contributed by atoms with Crippen molar-refractivity contribution >= 4 is 5.91 Å². The molecular formula is C20H23FN4O3. The minimum atomic E-state index is -0.660. The first kappa shape index (κ1) is 19.6. The molecule has 0 aliphatic carbocycles. The van der Waals surface area contributed by atoms with Crippen molar-refractivity contribution < 1.29 is 14.3 Å². The van der Waals surface area contributed by atoms with E-state index in [1.807, 2.05) is 18.9 Å². The molecule has 1 aromatic carbocycles. The molecule has 148 valence electrons. The van der Waals surface area contributed by atoms with Gasteiger partial charge >= 0.3 is 0 Å². The fraction of sp³-hybridized carbons (Fsp3) is 0.350. The fourth-order valence-corrected chi connectivity index (χ4v) is 3.23. The van der Waals surface area contributed by atoms with Crippen molar-refractivity contribution in [2.24, 2.45) is 0 Å². The van der Waals surface area contributed by atoms with Crippen LogP contribution < -0.4 is 10.9 Å². The molecule has 0 spiro atoms. The summed E-state index contributed by atoms with van der Waals surface area (Å²) in [5, 5.41) is 12.8. The maximum atomic E-state index is 13.0. The molecule has 2 heterocycles. The molecule has 1 aromatic heterocycles. The lowest BCUT2D eigenvalue weighted by atomic mass is 10.0. The Bertz CT molecular complexity index is 969. The van der Waals surface area contributed by atoms with Crippen LogP contribution in [0.2, 0.25) is 0 Å². The van der Waals surface area contributed by atoms with E-state index in [0.29, 0.717) is 30.8 Å². The maximum Gasteiger partial charge on any atom is 0.296 e. The number of benzene rings is 1. The standard InChI is InChI=1S/C20H23FN4O3/c1-12(2)24(3)15-8-9-25-16(10-15)23-17(18(26)20(25)28)19(27)22-11-13-4-6-14(21)7-5-13/h4-7,15,26H,1,8-11H2,2-3H3,(H,22,27). The molecule has 0 saturated heterocycles. The second kappa shape index (κ2) is 7.84. The van der Waals surface area contributed by atoms with Crippen LogP contribution in [-0.2, 0) is 19.5 Å². The van der Waals surface area contributed by atoms with Gasteiger partial charge in [0.25, 0.3) is 11.5 Å². The van der Waals surface area contributed by atoms with Gasteiger partial charge in [-0.05, 0) is 31.0 Å². The summed E-state index contributed by atoms with van der Waals surface area (Å²) < 4.78 is 14.4. The number of rotatable bonds is 5. The Labute approximate surface area is 162 Å². The first-order valence-corrected chi connectivity index (χ1v) is 9.01. The quantitative estimate of drug-likeness (QED) is 0.818. The largest absolute Gasteiger partial charge is 0.501 e. The minimum absolute atomic E-state index is 0.115. The summed E-state index contributed by atoms with van der Waals surface area (Å²) in [4.78, 5) is 31.3. The van der Waals surface area contributed by atoms with Gasteiger partial charge in [-0.2, -0.15) is 0 Å². The highest BCUT2D eigenvalue weighted by Crippen LogP contribution is 2.21. The third-order valence-corrected chi connectivity index (χ3v) is 5.06. The van der Waals surface area contributed by atoms with Gasteiger partial charge < -0.3 is 15.3 Å². The number of likely N-dealkylation sites (N-methyl/N-ethyl adjacent to an activating group) is 1. The van der Waals surface area contributed by atoms with Crippen LogP contribution in [0.1, 0.15) is 35.2 Å². The molecule has 3 rings (SSSR count). The lowest BCUT2D eigenvalue weighted by Crippen LogP contribution is -2.41. The zero-order chi connectivity index (χ0) is 20.4. The first-order chi connectivity index (χ1) is 13.3. The van der Waals surface area contributed by atoms with Gasteiger partial charge in [-0.15, -0.1) is 0 Å². The second-order valence-electron chi connectivity index (χ2n) is 6.98. The van der Waals surface area contributed by atoms with E-state index in [-0.39, 0.29) is 24.1 Å². The average molecular weight is 386 g/mol. The SMILES string of the molecule is C=C(C)N(C)C1CCn2c(nc(C(=O)NCc3ccc(F)cc3)c(O)c2=O)C1. The summed E-state index contributed by atoms with van der Waals surface area (Å²) in [6, 6.07) is 5.79. The van der Waals surface area contributed by atoms with E-state index in [1.54, 1.807) is 12.1 Å². The lowest BCUT2D eigenvalue weighted by Gasteiger charge is -2.34. The topological polar surface area (TPSA) is 87.5 Å². The van der Waals surface area contributed by atoms with E-state index in [1.165, 1.54) is 16.7 Å². The summed E-state index contributed by atoms with van der Waals surface area (Å²) in [5.74, 6) is -1.23. The molecule has 0 radical (unpaired) electrons. The van der Waals surface area contributed by atoms with Crippen LogP contribution >= 0.6 is 0 Å². The van der Waals surface area contributed by atoms with Gasteiger partial charge in [0.05, 0.1) is 0 Å². The Hall–Kier alpha value is -3.16. The highest BCUT2D eigenvalue weighted by molar-refractivity contribution is 5.94. The molecule has 1 aliphatic rings. The van der Waals surface area contributed by atoms with Crippen molar-refractivity contribution in [3.8, 4) is 5.75 Å². The predicted molar refractivity (Wildman–Crippen MR) is 102 cm³/mol. The van der Waals surface area contributed by atoms with Gasteiger partial charge in [0, 0.05) is 38.3 Å². The number of hydrogen-bond acceptors (Lipinski definition) is 5. The van der Waals surface area contributed by atoms with Crippen LogP contribution in [0.25, 0.3) is 0 Å². The molecule has 1 aliphatic heterocycles. The highest BCUT2D eigenvalue weighted by Gasteiger charge is 2.28. The van der Waals surface area contributed by atoms with Gasteiger partial charge in [0.1, 0.15) is 11.6 Å². The number of amides is 1. The Balaban J connectivity index is 1.82. The number of carbonyl (C=O) groups excluding carboxylic acids is 1. The van der Waals surface area contributed by atoms with E-state index in [9.17, 15) is 19.1 Å². The number of halogens is 1. The predicted octanol–water partition coefficient (Wildman–Crippen LogP) is 1.80. The van der Waals surface area contributed by atoms with Crippen molar-refractivity contribution in [2.75, 3.05) is 7.05 Å². The number of fused-ring (bicyclic) bond motifs is 1. The van der Waals surface area contributed by atoms with Crippen LogP contribution in [0, 0.1) is 5.82 Å². The fourth-order valence-electron chi connectivity index (χ4n) is 3.23. The third kappa shape index (κ3) is 3.90. The Morgan fingerprint density at radius 1 is 1.43 bits per heavy atom. The number of carbonyl (C=O) groups is 1. The number of aromatic hydroxyl groups is 1. The van der Waals surface area contributed by atoms with E-state index in [0.717, 1.165) is 5.70 Å². The summed E-state index contributed by atoms with van der Waals surface area (Å²) in [5.41, 5.74) is 0.675. The molecule has 7 nitrogen and oxygen atoms in total. The lowest BCUT2D eigenvalue weighted by molar-refractivity contribution is 0.0941. The second-order valence-corrected chi connectivity index (χ2v) is 6.98. The molecule has 1 unspecified atom stereocenters. The molecule has 0 fully saturated rings. The Kier molecular flexibility index (Phi) is 5.48. The molecule has 2 N–H and O–H groups in total. The molecule has 2 aromatic rings. The summed E-state index contributed by atoms with van der Waals surface area (Å²) >= 11 is 0. The van der Waals surface area contributed by atoms with Crippen molar-refractivity contribution in [3.05, 3.63) is 69.8 Å². The van der Waals surface area contributed by atoms with E-state index >= 15 is 0 Å². The van der Waals surface area contributed by atoms with Gasteiger partial charge in [-0.1, -0.05) is 18.7 Å². The van der Waals surface area contributed by atoms with Crippen molar-refractivity contribution in [1.29, 1.82) is 0 Å². The van der Waals surface area contributed by atoms with Crippen LogP contribution in [0.15, 0.2) is 41.3 Å². The van der Waals surface area contributed by atoms with Crippen LogP contribution in [-0.4, -0.2) is 38.6 Å². The van der Waals surface area contributed by atoms with Gasteiger partial charge in [0.15, 0.2) is 5.69 Å². The van der Waals surface area contributed by atoms with Gasteiger partial charge in [-0.3, -0.25) is 14.2 Å². The van der Waals surface area contributed by atoms with Crippen LogP contribution in [0.3, 0.4) is 0 Å². The molecule has 0 bridgehead atoms. The summed E-state index contributed by atoms with van der Waals surface area (Å²) in [6.07, 6.45) is 1.19. The Morgan fingerprint density at radius 2 is 2.11 bits per heavy atom. The number of hydrogen-bond donors (Lipinski definition) is 2. The van der Waals surface area contributed by atoms with Crippen molar-refractivity contribution in [1.82, 2.24) is 19.8 Å². The zero-order valence-corrected chi connectivity index (χ0v) is 15.9. The van der Waals surface area contributed by atoms with Gasteiger partial charge in [0.2, 0.25) is 5.75 Å². The third-order valence-electron chi connectivity index (χ3n) is 5.06. The summed E-state index contributed by atoms with van der Waals surface area (Å²) in [7, 11) is 1.93. The monoisotopic (exact) mass is 386 g/mol. The molecule has 0 saturated carbocycles. The molecular weight excluding hydrogens is 363 g/mol. The normalized spacial score (nSPS) is 15.6. The average Bonchev–Trinajstić information content (AvgIpc) is 2.69. The van der Waals surface area contributed by atoms with E-state index in [2.05, 4.69) is 16.9 Å². The zero-order valence-electron chi connectivity index (χ0n) is 15.9. The molecule has 1 amide bonds. The molecule has 1 atom stereocenters. The van der Waals surface area contributed by atoms with E-state index in [4.69, 9.17) is 0 Å². The van der Waals surface area contributed by atoms with Gasteiger partial charge in [-0.25, -0.2) is 9.37 Å². The maximum absolute atomic E-state index is 13.0. The van der Waals surface area contributed by atoms with E-state index < -0.39 is 17.2 Å². The minimum Gasteiger partial charge on any atom is -0.501 e. The number of aromatic nitrogens is 2. The Morgan fingerprint density at radius 3 is 2.75 bits per heavy atom. The molecule has 28 heavy (non-hydrogen) atoms. The summed E-state index contributed by atoms with van der Waals surface area (Å²) in [6.45, 7) is 6.37. The number of nitrogens with one attached hydrogen (secondary N) is 1. The number of allylic oxidation sites excluding steroid dienone is 1. The van der Waals surface area contributed by atoms with Crippen LogP contribution in [0.5, 0.6) is 5.75 Å². The number of nitrogens with zero attached hydrogens (tertiary/aromatic N) is 3. The first-order valence-electron chi connectivity index (χ1n) is 9.01. The van der Waals surface area contributed by atoms with Crippen molar-refractivity contribution in [3.63, 3.8) is 0 Å². The smallest absolute Gasteiger partial charge is 0.296 e. The van der Waals surface area contributed by atoms with Crippen molar-refractivity contribution in [2.45, 2.75) is 38.9 Å². The highest BCUT2D eigenvalue weighted by atomic mass is 19.1.